The smallest absolute Gasteiger partial charge is 0.149 e. The molecule has 7 N–H and O–H groups in total. The van der Waals surface area contributed by atoms with Gasteiger partial charge in [0.05, 0.1) is 29.1 Å². The molecule has 160 valence electrons. The molecule has 1 aliphatic heterocycles. The highest BCUT2D eigenvalue weighted by atomic mass is 16.5. The van der Waals surface area contributed by atoms with Crippen molar-refractivity contribution >= 4 is 33.8 Å². The van der Waals surface area contributed by atoms with E-state index in [1.54, 1.807) is 13.8 Å². The van der Waals surface area contributed by atoms with Crippen molar-refractivity contribution in [3.8, 4) is 0 Å². The zero-order valence-electron chi connectivity index (χ0n) is 17.7. The second-order valence-corrected chi connectivity index (χ2v) is 8.10. The Morgan fingerprint density at radius 1 is 1.34 bits per heavy atom. The third-order valence-electron chi connectivity index (χ3n) is 4.97. The lowest BCUT2D eigenvalue weighted by molar-refractivity contribution is 0.0804. The van der Waals surface area contributed by atoms with Crippen LogP contribution < -0.4 is 27.0 Å². The van der Waals surface area contributed by atoms with Crippen molar-refractivity contribution in [1.82, 2.24) is 4.98 Å². The molecule has 1 aromatic carbocycles. The Morgan fingerprint density at radius 3 is 2.83 bits per heavy atom. The number of β-amino-alcohol motifs (C(OH)–C–C–N with tert-alkyl or cyclic N) is 1. The number of benzene rings is 1. The second kappa shape index (κ2) is 9.02. The zero-order chi connectivity index (χ0) is 21.0. The minimum Gasteiger partial charge on any atom is -0.389 e. The van der Waals surface area contributed by atoms with Crippen LogP contribution in [0, 0.1) is 0 Å². The molecular weight excluding hydrogens is 368 g/mol. The maximum Gasteiger partial charge on any atom is 0.149 e. The highest BCUT2D eigenvalue weighted by molar-refractivity contribution is 6.08. The number of aromatic nitrogens is 1. The van der Waals surface area contributed by atoms with Gasteiger partial charge in [-0.3, -0.25) is 0 Å². The minimum absolute atomic E-state index is 0.118. The molecule has 0 saturated heterocycles. The van der Waals surface area contributed by atoms with Gasteiger partial charge in [0.1, 0.15) is 17.7 Å². The van der Waals surface area contributed by atoms with Gasteiger partial charge in [0.2, 0.25) is 0 Å². The number of para-hydroxylation sites is 1. The summed E-state index contributed by atoms with van der Waals surface area (Å²) < 4.78 is 5.68. The third kappa shape index (κ3) is 4.83. The summed E-state index contributed by atoms with van der Waals surface area (Å²) in [7, 11) is 0. The number of hydrogen-bond donors (Lipinski definition) is 5. The van der Waals surface area contributed by atoms with Crippen LogP contribution in [0.1, 0.15) is 33.6 Å². The van der Waals surface area contributed by atoms with E-state index >= 15 is 0 Å². The highest BCUT2D eigenvalue weighted by Crippen LogP contribution is 2.45. The third-order valence-corrected chi connectivity index (χ3v) is 4.97. The number of nitrogens with two attached hydrogens (primary N) is 2. The monoisotopic (exact) mass is 402 g/mol. The van der Waals surface area contributed by atoms with Gasteiger partial charge in [-0.1, -0.05) is 12.1 Å². The van der Waals surface area contributed by atoms with Crippen LogP contribution in [0.5, 0.6) is 0 Å². The molecule has 0 fully saturated rings. The predicted octanol–water partition coefficient (Wildman–Crippen LogP) is 2.33. The fourth-order valence-electron chi connectivity index (χ4n) is 3.73. The van der Waals surface area contributed by atoms with E-state index in [4.69, 9.17) is 16.2 Å². The fraction of sp³-hybridized carbons (Fsp3) is 0.571. The summed E-state index contributed by atoms with van der Waals surface area (Å²) in [6.07, 6.45) is 1.86. The van der Waals surface area contributed by atoms with Gasteiger partial charge in [-0.2, -0.15) is 0 Å². The first kappa shape index (κ1) is 21.4. The molecule has 2 heterocycles. The van der Waals surface area contributed by atoms with Crippen LogP contribution in [0.3, 0.4) is 0 Å². The zero-order valence-corrected chi connectivity index (χ0v) is 17.7. The molecule has 2 aromatic rings. The molecule has 0 spiro atoms. The molecule has 8 nitrogen and oxygen atoms in total. The van der Waals surface area contributed by atoms with E-state index in [1.807, 2.05) is 25.1 Å². The number of pyridine rings is 1. The molecule has 1 unspecified atom stereocenters. The average Bonchev–Trinajstić information content (AvgIpc) is 3.01. The number of ether oxygens (including phenoxy) is 1. The van der Waals surface area contributed by atoms with Crippen LogP contribution in [0.4, 0.5) is 22.9 Å². The lowest BCUT2D eigenvalue weighted by Gasteiger charge is -2.32. The van der Waals surface area contributed by atoms with E-state index < -0.39 is 5.60 Å². The number of anilines is 4. The van der Waals surface area contributed by atoms with E-state index in [-0.39, 0.29) is 6.17 Å². The second-order valence-electron chi connectivity index (χ2n) is 8.10. The van der Waals surface area contributed by atoms with Gasteiger partial charge in [0.15, 0.2) is 0 Å². The van der Waals surface area contributed by atoms with Gasteiger partial charge in [-0.25, -0.2) is 4.98 Å². The summed E-state index contributed by atoms with van der Waals surface area (Å²) in [5, 5.41) is 18.4. The minimum atomic E-state index is -0.879. The van der Waals surface area contributed by atoms with E-state index in [9.17, 15) is 5.11 Å². The Hall–Kier alpha value is -2.29. The van der Waals surface area contributed by atoms with Gasteiger partial charge in [-0.15, -0.1) is 0 Å². The first-order chi connectivity index (χ1) is 13.9. The van der Waals surface area contributed by atoms with Gasteiger partial charge >= 0.3 is 0 Å². The molecule has 1 aliphatic rings. The number of hydrogen-bond acceptors (Lipinski definition) is 8. The molecule has 8 heteroatoms. The first-order valence-corrected chi connectivity index (χ1v) is 10.3. The SMILES string of the molecule is CCOCC1Nc2c(N)nc3c(NCCCCN)cccc3c2N1CC(C)(C)O. The van der Waals surface area contributed by atoms with Crippen molar-refractivity contribution in [3.63, 3.8) is 0 Å². The van der Waals surface area contributed by atoms with E-state index in [0.717, 1.165) is 47.4 Å². The van der Waals surface area contributed by atoms with E-state index in [0.29, 0.717) is 32.1 Å². The number of unbranched alkanes of at least 4 members (excludes halogenated alkanes) is 1. The van der Waals surface area contributed by atoms with Crippen molar-refractivity contribution in [2.24, 2.45) is 5.73 Å². The van der Waals surface area contributed by atoms with E-state index in [1.165, 1.54) is 0 Å². The van der Waals surface area contributed by atoms with Crippen LogP contribution in [0.2, 0.25) is 0 Å². The van der Waals surface area contributed by atoms with Crippen LogP contribution >= 0.6 is 0 Å². The van der Waals surface area contributed by atoms with Gasteiger partial charge in [0.25, 0.3) is 0 Å². The Kier molecular flexibility index (Phi) is 6.66. The molecule has 3 rings (SSSR count). The van der Waals surface area contributed by atoms with Crippen molar-refractivity contribution < 1.29 is 9.84 Å². The normalized spacial score (nSPS) is 16.2. The Balaban J connectivity index is 2.03. The number of aliphatic hydroxyl groups is 1. The van der Waals surface area contributed by atoms with Gasteiger partial charge in [-0.05, 0) is 46.2 Å². The molecule has 0 saturated carbocycles. The van der Waals surface area contributed by atoms with Crippen LogP contribution in [-0.4, -0.2) is 54.7 Å². The van der Waals surface area contributed by atoms with Crippen LogP contribution in [0.15, 0.2) is 18.2 Å². The number of rotatable bonds is 10. The highest BCUT2D eigenvalue weighted by Gasteiger charge is 2.36. The topological polar surface area (TPSA) is 122 Å². The molecule has 0 aliphatic carbocycles. The molecule has 29 heavy (non-hydrogen) atoms. The van der Waals surface area contributed by atoms with Crippen molar-refractivity contribution in [1.29, 1.82) is 0 Å². The summed E-state index contributed by atoms with van der Waals surface area (Å²) in [4.78, 5) is 6.83. The summed E-state index contributed by atoms with van der Waals surface area (Å²) in [6.45, 7) is 8.64. The van der Waals surface area contributed by atoms with Gasteiger partial charge in [0, 0.05) is 25.1 Å². The maximum atomic E-state index is 10.5. The number of nitrogen functional groups attached to an aromatic ring is 1. The van der Waals surface area contributed by atoms with E-state index in [2.05, 4.69) is 20.5 Å². The number of nitrogens with zero attached hydrogens (tertiary/aromatic N) is 2. The van der Waals surface area contributed by atoms with Crippen LogP contribution in [0.25, 0.3) is 10.9 Å². The fourth-order valence-corrected chi connectivity index (χ4v) is 3.73. The predicted molar refractivity (Wildman–Crippen MR) is 120 cm³/mol. The molecule has 1 atom stereocenters. The first-order valence-electron chi connectivity index (χ1n) is 10.3. The number of nitrogens with one attached hydrogen (secondary N) is 2. The molecule has 0 bridgehead atoms. The maximum absolute atomic E-state index is 10.5. The summed E-state index contributed by atoms with van der Waals surface area (Å²) in [6, 6.07) is 6.08. The van der Waals surface area contributed by atoms with Crippen LogP contribution in [-0.2, 0) is 4.74 Å². The quantitative estimate of drug-likeness (QED) is 0.384. The largest absolute Gasteiger partial charge is 0.389 e. The summed E-state index contributed by atoms with van der Waals surface area (Å²) >= 11 is 0. The average molecular weight is 403 g/mol. The van der Waals surface area contributed by atoms with Crippen molar-refractivity contribution in [3.05, 3.63) is 18.2 Å². The lowest BCUT2D eigenvalue weighted by atomic mass is 10.1. The standard InChI is InChI=1S/C21H34N6O2/c1-4-29-12-16-25-18-19(27(16)13-21(2,3)28)14-8-7-9-15(17(14)26-20(18)23)24-11-6-5-10-22/h7-9,16,24-25,28H,4-6,10-13,22H2,1-3H3,(H2,23,26). The van der Waals surface area contributed by atoms with Crippen molar-refractivity contribution in [2.75, 3.05) is 54.1 Å². The Labute approximate surface area is 172 Å². The molecular formula is C21H34N6O2. The van der Waals surface area contributed by atoms with Crippen molar-refractivity contribution in [2.45, 2.75) is 45.4 Å². The summed E-state index contributed by atoms with van der Waals surface area (Å²) in [5.74, 6) is 0.448. The molecule has 0 radical (unpaired) electrons. The Bertz CT molecular complexity index is 836. The molecule has 0 amide bonds. The Morgan fingerprint density at radius 2 is 2.14 bits per heavy atom. The molecule has 1 aromatic heterocycles. The lowest BCUT2D eigenvalue weighted by Crippen LogP contribution is -2.46. The number of fused-ring (bicyclic) bond motifs is 3. The summed E-state index contributed by atoms with van der Waals surface area (Å²) in [5.41, 5.74) is 14.6. The van der Waals surface area contributed by atoms with Gasteiger partial charge < -0.3 is 36.8 Å².